The minimum absolute atomic E-state index is 0.449. The molecule has 0 saturated carbocycles. The van der Waals surface area contributed by atoms with Gasteiger partial charge in [0.1, 0.15) is 0 Å². The van der Waals surface area contributed by atoms with Crippen molar-refractivity contribution in [2.45, 2.75) is 5.25 Å². The average molecular weight is 198 g/mol. The van der Waals surface area contributed by atoms with Crippen molar-refractivity contribution >= 4 is 34.9 Å². The van der Waals surface area contributed by atoms with Crippen molar-refractivity contribution in [2.24, 2.45) is 0 Å². The molecular weight excluding hydrogens is 192 g/mol. The van der Waals surface area contributed by atoms with Gasteiger partial charge in [0.25, 0.3) is 0 Å². The van der Waals surface area contributed by atoms with Gasteiger partial charge in [-0.05, 0) is 22.3 Å². The molecule has 1 aromatic heterocycles. The molecule has 0 spiro atoms. The predicted octanol–water partition coefficient (Wildman–Crippen LogP) is 3.78. The fourth-order valence-electron chi connectivity index (χ4n) is 0.833. The first-order valence-corrected chi connectivity index (χ1v) is 5.92. The Morgan fingerprint density at radius 1 is 1.36 bits per heavy atom. The van der Waals surface area contributed by atoms with Gasteiger partial charge in [0, 0.05) is 4.88 Å². The fourth-order valence-corrected chi connectivity index (χ4v) is 3.46. The van der Waals surface area contributed by atoms with Crippen LogP contribution in [0.5, 0.6) is 0 Å². The summed E-state index contributed by atoms with van der Waals surface area (Å²) in [6, 6.07) is 4.25. The van der Waals surface area contributed by atoms with E-state index in [1.807, 2.05) is 11.8 Å². The van der Waals surface area contributed by atoms with Gasteiger partial charge in [-0.3, -0.25) is 0 Å². The molecule has 1 unspecified atom stereocenters. The molecule has 1 aromatic rings. The van der Waals surface area contributed by atoms with E-state index in [9.17, 15) is 0 Å². The Hall–Kier alpha value is 0.140. The van der Waals surface area contributed by atoms with E-state index in [-0.39, 0.29) is 0 Å². The van der Waals surface area contributed by atoms with Crippen LogP contribution in [0.2, 0.25) is 0 Å². The summed E-state index contributed by atoms with van der Waals surface area (Å²) in [6.07, 6.45) is 0. The zero-order valence-corrected chi connectivity index (χ0v) is 8.14. The number of hydrogen-bond donors (Lipinski definition) is 0. The van der Waals surface area contributed by atoms with Crippen LogP contribution in [0, 0.1) is 5.75 Å². The summed E-state index contributed by atoms with van der Waals surface area (Å²) in [4.78, 5) is 1.40. The van der Waals surface area contributed by atoms with Crippen LogP contribution in [0.4, 0.5) is 0 Å². The van der Waals surface area contributed by atoms with Gasteiger partial charge >= 0.3 is 0 Å². The minimum Gasteiger partial charge on any atom is -0.148 e. The smallest absolute Gasteiger partial charge is 0.0729 e. The molecule has 1 aliphatic rings. The Labute approximate surface area is 79.1 Å². The first-order chi connectivity index (χ1) is 5.47. The molecule has 0 aromatic carbocycles. The molecular formula is C8H6S3. The molecule has 11 heavy (non-hydrogen) atoms. The maximum Gasteiger partial charge on any atom is 0.0729 e. The number of rotatable bonds is 1. The van der Waals surface area contributed by atoms with Gasteiger partial charge < -0.3 is 0 Å². The van der Waals surface area contributed by atoms with E-state index in [0.717, 1.165) is 0 Å². The summed E-state index contributed by atoms with van der Waals surface area (Å²) in [5, 5.41) is 6.76. The molecule has 0 saturated heterocycles. The molecule has 1 atom stereocenters. The number of thioether (sulfide) groups is 2. The summed E-state index contributed by atoms with van der Waals surface area (Å²) < 4.78 is 0. The lowest BCUT2D eigenvalue weighted by molar-refractivity contribution is 1.27. The van der Waals surface area contributed by atoms with Crippen LogP contribution in [-0.4, -0.2) is 0 Å². The van der Waals surface area contributed by atoms with E-state index in [0.29, 0.717) is 5.25 Å². The van der Waals surface area contributed by atoms with E-state index < -0.39 is 0 Å². The Kier molecular flexibility index (Phi) is 2.61. The zero-order chi connectivity index (χ0) is 7.52. The molecule has 0 nitrogen and oxygen atoms in total. The van der Waals surface area contributed by atoms with Crippen molar-refractivity contribution < 1.29 is 0 Å². The molecule has 2 radical (unpaired) electrons. The van der Waals surface area contributed by atoms with Gasteiger partial charge in [-0.15, -0.1) is 34.9 Å². The maximum atomic E-state index is 3.32. The third-order valence-electron chi connectivity index (χ3n) is 1.31. The first kappa shape index (κ1) is 7.77. The second-order valence-corrected chi connectivity index (χ2v) is 4.78. The molecule has 3 heteroatoms. The summed E-state index contributed by atoms with van der Waals surface area (Å²) in [5.41, 5.74) is 0. The van der Waals surface area contributed by atoms with Crippen molar-refractivity contribution in [2.75, 3.05) is 0 Å². The molecule has 56 valence electrons. The maximum absolute atomic E-state index is 3.32. The highest BCUT2D eigenvalue weighted by Gasteiger charge is 2.14. The van der Waals surface area contributed by atoms with Crippen molar-refractivity contribution in [1.82, 2.24) is 0 Å². The lowest BCUT2D eigenvalue weighted by Gasteiger charge is -2.12. The van der Waals surface area contributed by atoms with Crippen LogP contribution < -0.4 is 0 Å². The predicted molar refractivity (Wildman–Crippen MR) is 54.6 cm³/mol. The van der Waals surface area contributed by atoms with Crippen LogP contribution in [0.25, 0.3) is 0 Å². The van der Waals surface area contributed by atoms with Gasteiger partial charge in [0.2, 0.25) is 0 Å². The van der Waals surface area contributed by atoms with E-state index in [1.54, 1.807) is 23.1 Å². The third kappa shape index (κ3) is 1.83. The Balaban J connectivity index is 2.11. The van der Waals surface area contributed by atoms with E-state index in [1.165, 1.54) is 4.88 Å². The SMILES string of the molecule is [C]1SC=CSC1c1cccs1. The zero-order valence-electron chi connectivity index (χ0n) is 5.69. The minimum atomic E-state index is 0.449. The van der Waals surface area contributed by atoms with Crippen LogP contribution >= 0.6 is 34.9 Å². The van der Waals surface area contributed by atoms with Gasteiger partial charge in [-0.2, -0.15) is 0 Å². The Morgan fingerprint density at radius 3 is 3.00 bits per heavy atom. The monoisotopic (exact) mass is 198 g/mol. The van der Waals surface area contributed by atoms with Crippen LogP contribution in [0.3, 0.4) is 0 Å². The van der Waals surface area contributed by atoms with Crippen LogP contribution in [-0.2, 0) is 0 Å². The molecule has 0 N–H and O–H groups in total. The molecule has 0 bridgehead atoms. The van der Waals surface area contributed by atoms with E-state index >= 15 is 0 Å². The fraction of sp³-hybridized carbons (Fsp3) is 0.125. The largest absolute Gasteiger partial charge is 0.148 e. The average Bonchev–Trinajstić information content (AvgIpc) is 2.58. The highest BCUT2D eigenvalue weighted by Crippen LogP contribution is 2.42. The quantitative estimate of drug-likeness (QED) is 0.673. The van der Waals surface area contributed by atoms with Crippen LogP contribution in [0.15, 0.2) is 28.3 Å². The van der Waals surface area contributed by atoms with Crippen molar-refractivity contribution in [3.8, 4) is 0 Å². The second kappa shape index (κ2) is 3.70. The van der Waals surface area contributed by atoms with Crippen molar-refractivity contribution in [1.29, 1.82) is 0 Å². The molecule has 1 aliphatic heterocycles. The normalized spacial score (nSPS) is 23.8. The number of thiophene rings is 1. The number of hydrogen-bond acceptors (Lipinski definition) is 3. The Morgan fingerprint density at radius 2 is 2.36 bits per heavy atom. The van der Waals surface area contributed by atoms with Gasteiger partial charge in [-0.25, -0.2) is 0 Å². The second-order valence-electron chi connectivity index (χ2n) is 2.04. The van der Waals surface area contributed by atoms with Crippen molar-refractivity contribution in [3.05, 3.63) is 39.0 Å². The van der Waals surface area contributed by atoms with Crippen molar-refractivity contribution in [3.63, 3.8) is 0 Å². The highest BCUT2D eigenvalue weighted by molar-refractivity contribution is 8.10. The van der Waals surface area contributed by atoms with Gasteiger partial charge in [-0.1, -0.05) is 6.07 Å². The molecule has 0 aliphatic carbocycles. The molecule has 0 amide bonds. The first-order valence-electron chi connectivity index (χ1n) is 3.22. The highest BCUT2D eigenvalue weighted by atomic mass is 32.2. The van der Waals surface area contributed by atoms with Gasteiger partial charge in [0.15, 0.2) is 0 Å². The standard InChI is InChI=1S/C8H6S3/c1-2-7(10-3-1)8-6-9-4-5-11-8/h1-5,8H. The summed E-state index contributed by atoms with van der Waals surface area (Å²) in [5.74, 6) is 3.32. The molecule has 2 rings (SSSR count). The third-order valence-corrected chi connectivity index (χ3v) is 4.30. The van der Waals surface area contributed by atoms with E-state index in [4.69, 9.17) is 0 Å². The van der Waals surface area contributed by atoms with Gasteiger partial charge in [0.05, 0.1) is 11.0 Å². The van der Waals surface area contributed by atoms with E-state index in [2.05, 4.69) is 34.1 Å². The molecule has 0 fully saturated rings. The lowest BCUT2D eigenvalue weighted by Crippen LogP contribution is -1.88. The summed E-state index contributed by atoms with van der Waals surface area (Å²) in [7, 11) is 0. The van der Waals surface area contributed by atoms with Crippen LogP contribution in [0.1, 0.15) is 10.1 Å². The summed E-state index contributed by atoms with van der Waals surface area (Å²) >= 11 is 5.27. The topological polar surface area (TPSA) is 0 Å². The molecule has 2 heterocycles. The Bertz CT molecular complexity index is 238. The lowest BCUT2D eigenvalue weighted by atomic mass is 10.4. The summed E-state index contributed by atoms with van der Waals surface area (Å²) in [6.45, 7) is 0.